The van der Waals surface area contributed by atoms with Crippen molar-refractivity contribution in [3.63, 3.8) is 0 Å². The van der Waals surface area contributed by atoms with Gasteiger partial charge in [-0.3, -0.25) is 0 Å². The molecule has 1 unspecified atom stereocenters. The van der Waals surface area contributed by atoms with Crippen LogP contribution in [0.25, 0.3) is 0 Å². The zero-order chi connectivity index (χ0) is 13.4. The Balaban J connectivity index is 2.77. The Kier molecular flexibility index (Phi) is 6.48. The summed E-state index contributed by atoms with van der Waals surface area (Å²) in [6.45, 7) is 7.00. The highest BCUT2D eigenvalue weighted by Gasteiger charge is 2.08. The van der Waals surface area contributed by atoms with Crippen LogP contribution in [0.5, 0.6) is 5.75 Å². The number of halogens is 1. The van der Waals surface area contributed by atoms with E-state index in [4.69, 9.17) is 4.74 Å². The van der Waals surface area contributed by atoms with Gasteiger partial charge in [0, 0.05) is 0 Å². The molecule has 0 fully saturated rings. The molecule has 2 heteroatoms. The molecule has 1 atom stereocenters. The van der Waals surface area contributed by atoms with Crippen LogP contribution in [0.15, 0.2) is 30.4 Å². The van der Waals surface area contributed by atoms with Crippen molar-refractivity contribution in [3.8, 4) is 5.75 Å². The van der Waals surface area contributed by atoms with Gasteiger partial charge in [-0.1, -0.05) is 32.9 Å². The smallest absolute Gasteiger partial charge is 0.123 e. The Morgan fingerprint density at radius 2 is 2.11 bits per heavy atom. The van der Waals surface area contributed by atoms with Gasteiger partial charge in [-0.25, -0.2) is 4.39 Å². The summed E-state index contributed by atoms with van der Waals surface area (Å²) in [5.74, 6) is 1.02. The maximum absolute atomic E-state index is 13.3. The highest BCUT2D eigenvalue weighted by atomic mass is 19.1. The SMILES string of the molecule is CC/C=C\C(C)Cc1cc(F)ccc1OCCC. The number of ether oxygens (including phenoxy) is 1. The summed E-state index contributed by atoms with van der Waals surface area (Å²) in [4.78, 5) is 0. The van der Waals surface area contributed by atoms with Gasteiger partial charge in [-0.2, -0.15) is 0 Å². The Labute approximate surface area is 110 Å². The fourth-order valence-electron chi connectivity index (χ4n) is 1.84. The molecule has 0 aromatic heterocycles. The fourth-order valence-corrected chi connectivity index (χ4v) is 1.84. The lowest BCUT2D eigenvalue weighted by atomic mass is 9.99. The van der Waals surface area contributed by atoms with Gasteiger partial charge in [0.15, 0.2) is 0 Å². The number of hydrogen-bond acceptors (Lipinski definition) is 1. The van der Waals surface area contributed by atoms with Crippen LogP contribution in [-0.4, -0.2) is 6.61 Å². The maximum atomic E-state index is 13.3. The predicted octanol–water partition coefficient (Wildman–Crippen LogP) is 4.76. The van der Waals surface area contributed by atoms with Crippen molar-refractivity contribution >= 4 is 0 Å². The summed E-state index contributed by atoms with van der Waals surface area (Å²) in [7, 11) is 0. The van der Waals surface area contributed by atoms with E-state index in [9.17, 15) is 4.39 Å². The molecular weight excluding hydrogens is 227 g/mol. The van der Waals surface area contributed by atoms with E-state index < -0.39 is 0 Å². The van der Waals surface area contributed by atoms with Gasteiger partial charge in [0.05, 0.1) is 6.61 Å². The first kappa shape index (κ1) is 14.7. The van der Waals surface area contributed by atoms with E-state index in [1.807, 2.05) is 0 Å². The Bertz CT molecular complexity index is 385. The first-order valence-corrected chi connectivity index (χ1v) is 6.75. The van der Waals surface area contributed by atoms with Crippen LogP contribution in [0.1, 0.15) is 39.2 Å². The molecule has 1 nitrogen and oxygen atoms in total. The summed E-state index contributed by atoms with van der Waals surface area (Å²) in [6.07, 6.45) is 7.13. The first-order valence-electron chi connectivity index (χ1n) is 6.75. The molecule has 1 rings (SSSR count). The summed E-state index contributed by atoms with van der Waals surface area (Å²) in [5, 5.41) is 0. The third-order valence-corrected chi connectivity index (χ3v) is 2.73. The maximum Gasteiger partial charge on any atom is 0.123 e. The lowest BCUT2D eigenvalue weighted by Gasteiger charge is -2.13. The van der Waals surface area contributed by atoms with Crippen molar-refractivity contribution in [2.45, 2.75) is 40.0 Å². The summed E-state index contributed by atoms with van der Waals surface area (Å²) in [6, 6.07) is 4.78. The van der Waals surface area contributed by atoms with E-state index in [-0.39, 0.29) is 5.82 Å². The molecule has 0 radical (unpaired) electrons. The van der Waals surface area contributed by atoms with E-state index >= 15 is 0 Å². The van der Waals surface area contributed by atoms with Gasteiger partial charge in [0.1, 0.15) is 11.6 Å². The van der Waals surface area contributed by atoms with Gasteiger partial charge < -0.3 is 4.74 Å². The first-order chi connectivity index (χ1) is 8.67. The van der Waals surface area contributed by atoms with Crippen LogP contribution in [-0.2, 0) is 6.42 Å². The van der Waals surface area contributed by atoms with Crippen LogP contribution in [0, 0.1) is 11.7 Å². The Morgan fingerprint density at radius 3 is 2.78 bits per heavy atom. The molecule has 0 aliphatic carbocycles. The number of benzene rings is 1. The monoisotopic (exact) mass is 250 g/mol. The molecule has 1 aromatic carbocycles. The van der Waals surface area contributed by atoms with Crippen molar-refractivity contribution in [2.75, 3.05) is 6.61 Å². The molecule has 0 aliphatic rings. The Morgan fingerprint density at radius 1 is 1.33 bits per heavy atom. The fraction of sp³-hybridized carbons (Fsp3) is 0.500. The lowest BCUT2D eigenvalue weighted by molar-refractivity contribution is 0.312. The molecule has 0 amide bonds. The van der Waals surface area contributed by atoms with Crippen molar-refractivity contribution in [1.29, 1.82) is 0 Å². The average Bonchev–Trinajstić information content (AvgIpc) is 2.35. The number of allylic oxidation sites excluding steroid dienone is 2. The molecule has 18 heavy (non-hydrogen) atoms. The zero-order valence-corrected chi connectivity index (χ0v) is 11.6. The average molecular weight is 250 g/mol. The molecule has 0 saturated heterocycles. The number of hydrogen-bond donors (Lipinski definition) is 0. The van der Waals surface area contributed by atoms with Crippen LogP contribution in [0.3, 0.4) is 0 Å². The van der Waals surface area contributed by atoms with E-state index in [0.717, 1.165) is 30.6 Å². The highest BCUT2D eigenvalue weighted by Crippen LogP contribution is 2.23. The third-order valence-electron chi connectivity index (χ3n) is 2.73. The minimum absolute atomic E-state index is 0.194. The second kappa shape index (κ2) is 7.91. The Hall–Kier alpha value is -1.31. The molecule has 0 spiro atoms. The van der Waals surface area contributed by atoms with Gasteiger partial charge in [-0.05, 0) is 48.9 Å². The predicted molar refractivity (Wildman–Crippen MR) is 74.5 cm³/mol. The van der Waals surface area contributed by atoms with Crippen molar-refractivity contribution in [3.05, 3.63) is 41.7 Å². The highest BCUT2D eigenvalue weighted by molar-refractivity contribution is 5.34. The van der Waals surface area contributed by atoms with E-state index in [1.54, 1.807) is 12.1 Å². The summed E-state index contributed by atoms with van der Waals surface area (Å²) in [5.41, 5.74) is 0.955. The van der Waals surface area contributed by atoms with Crippen LogP contribution in [0.2, 0.25) is 0 Å². The molecule has 0 heterocycles. The molecule has 0 bridgehead atoms. The molecule has 0 aliphatic heterocycles. The van der Waals surface area contributed by atoms with Crippen LogP contribution in [0.4, 0.5) is 4.39 Å². The van der Waals surface area contributed by atoms with E-state index in [2.05, 4.69) is 32.9 Å². The van der Waals surface area contributed by atoms with Crippen molar-refractivity contribution < 1.29 is 9.13 Å². The van der Waals surface area contributed by atoms with Crippen molar-refractivity contribution in [2.24, 2.45) is 5.92 Å². The van der Waals surface area contributed by atoms with Crippen LogP contribution >= 0.6 is 0 Å². The minimum Gasteiger partial charge on any atom is -0.493 e. The molecule has 100 valence electrons. The zero-order valence-electron chi connectivity index (χ0n) is 11.6. The molecule has 0 saturated carbocycles. The summed E-state index contributed by atoms with van der Waals surface area (Å²) < 4.78 is 19.0. The molecular formula is C16H23FO. The van der Waals surface area contributed by atoms with Gasteiger partial charge in [0.2, 0.25) is 0 Å². The summed E-state index contributed by atoms with van der Waals surface area (Å²) >= 11 is 0. The van der Waals surface area contributed by atoms with Crippen LogP contribution < -0.4 is 4.74 Å². The minimum atomic E-state index is -0.194. The van der Waals surface area contributed by atoms with Gasteiger partial charge in [-0.15, -0.1) is 0 Å². The lowest BCUT2D eigenvalue weighted by Crippen LogP contribution is -2.03. The van der Waals surface area contributed by atoms with Crippen molar-refractivity contribution in [1.82, 2.24) is 0 Å². The quantitative estimate of drug-likeness (QED) is 0.634. The second-order valence-corrected chi connectivity index (χ2v) is 4.62. The van der Waals surface area contributed by atoms with Gasteiger partial charge >= 0.3 is 0 Å². The van der Waals surface area contributed by atoms with E-state index in [1.165, 1.54) is 6.07 Å². The molecule has 1 aromatic rings. The second-order valence-electron chi connectivity index (χ2n) is 4.62. The van der Waals surface area contributed by atoms with Gasteiger partial charge in [0.25, 0.3) is 0 Å². The third kappa shape index (κ3) is 4.91. The molecule has 0 N–H and O–H groups in total. The number of rotatable bonds is 7. The topological polar surface area (TPSA) is 9.23 Å². The van der Waals surface area contributed by atoms with E-state index in [0.29, 0.717) is 12.5 Å². The normalized spacial score (nSPS) is 12.9. The largest absolute Gasteiger partial charge is 0.493 e. The standard InChI is InChI=1S/C16H23FO/c1-4-6-7-13(3)11-14-12-15(17)8-9-16(14)18-10-5-2/h6-9,12-13H,4-5,10-11H2,1-3H3/b7-6-.